The molecule has 5 nitrogen and oxygen atoms in total. The highest BCUT2D eigenvalue weighted by Gasteiger charge is 2.03. The number of ether oxygens (including phenoxy) is 1. The minimum atomic E-state index is -4.64. The molecule has 1 rings (SSSR count). The molecule has 0 aliphatic heterocycles. The van der Waals surface area contributed by atoms with Crippen LogP contribution in [0.1, 0.15) is 50.7 Å². The molecule has 0 aliphatic carbocycles. The molecule has 122 valence electrons. The largest absolute Gasteiger partial charge is 0.493 e. The molecule has 0 aromatic heterocycles. The first-order valence-corrected chi connectivity index (χ1v) is 8.85. The lowest BCUT2D eigenvalue weighted by Crippen LogP contribution is -2.00. The maximum absolute atomic E-state index is 8.88. The molecule has 0 saturated carbocycles. The Balaban J connectivity index is 0.000000690. The van der Waals surface area contributed by atoms with Crippen LogP contribution in [0.2, 0.25) is 0 Å². The van der Waals surface area contributed by atoms with E-state index in [1.54, 1.807) is 0 Å². The summed E-state index contributed by atoms with van der Waals surface area (Å²) in [5.41, 5.74) is 2.70. The molecule has 21 heavy (non-hydrogen) atoms. The van der Waals surface area contributed by atoms with Crippen LogP contribution in [-0.4, -0.2) is 21.3 Å². The number of phosphoric acid groups is 1. The van der Waals surface area contributed by atoms with Gasteiger partial charge >= 0.3 is 7.82 Å². The molecule has 0 aliphatic rings. The monoisotopic (exact) mass is 318 g/mol. The molecule has 0 heterocycles. The maximum atomic E-state index is 8.88. The summed E-state index contributed by atoms with van der Waals surface area (Å²) in [7, 11) is -4.64. The summed E-state index contributed by atoms with van der Waals surface area (Å²) in [6, 6.07) is 6.52. The SMILES string of the molecule is CCCCOc1ccc(C)cc1CCCC.O=P(O)(O)O. The Kier molecular flexibility index (Phi) is 10.4. The van der Waals surface area contributed by atoms with Gasteiger partial charge in [-0.15, -0.1) is 0 Å². The average Bonchev–Trinajstić information content (AvgIpc) is 2.37. The molecule has 0 radical (unpaired) electrons. The van der Waals surface area contributed by atoms with Crippen LogP contribution in [0.15, 0.2) is 18.2 Å². The zero-order valence-corrected chi connectivity index (χ0v) is 14.0. The third-order valence-corrected chi connectivity index (χ3v) is 2.77. The van der Waals surface area contributed by atoms with E-state index in [0.29, 0.717) is 0 Å². The van der Waals surface area contributed by atoms with Crippen molar-refractivity contribution in [1.29, 1.82) is 0 Å². The van der Waals surface area contributed by atoms with E-state index in [1.165, 1.54) is 30.4 Å². The molecule has 1 aromatic rings. The Morgan fingerprint density at radius 2 is 1.67 bits per heavy atom. The lowest BCUT2D eigenvalue weighted by molar-refractivity contribution is 0.275. The number of hydrogen-bond donors (Lipinski definition) is 3. The van der Waals surface area contributed by atoms with Crippen molar-refractivity contribution < 1.29 is 24.0 Å². The second-order valence-corrected chi connectivity index (χ2v) is 5.96. The molecular weight excluding hydrogens is 291 g/mol. The van der Waals surface area contributed by atoms with Crippen LogP contribution in [0.5, 0.6) is 5.75 Å². The van der Waals surface area contributed by atoms with Crippen LogP contribution >= 0.6 is 7.82 Å². The highest BCUT2D eigenvalue weighted by atomic mass is 31.2. The van der Waals surface area contributed by atoms with Gasteiger partial charge in [0.2, 0.25) is 0 Å². The second kappa shape index (κ2) is 10.8. The zero-order valence-electron chi connectivity index (χ0n) is 13.1. The van der Waals surface area contributed by atoms with Crippen LogP contribution in [0.4, 0.5) is 0 Å². The molecule has 0 bridgehead atoms. The highest BCUT2D eigenvalue weighted by molar-refractivity contribution is 7.45. The van der Waals surface area contributed by atoms with Gasteiger partial charge in [0.05, 0.1) is 6.61 Å². The number of benzene rings is 1. The lowest BCUT2D eigenvalue weighted by Gasteiger charge is -2.11. The average molecular weight is 318 g/mol. The Labute approximate surface area is 127 Å². The van der Waals surface area contributed by atoms with Gasteiger partial charge in [0.25, 0.3) is 0 Å². The smallest absolute Gasteiger partial charge is 0.466 e. The standard InChI is InChI=1S/C15H24O.H3O4P/c1-4-6-8-14-12-13(3)9-10-15(14)16-11-7-5-2;1-5(2,3)4/h9-10,12H,4-8,11H2,1-3H3;(H3,1,2,3,4). The third-order valence-electron chi connectivity index (χ3n) is 2.77. The van der Waals surface area contributed by atoms with Crippen molar-refractivity contribution in [2.75, 3.05) is 6.61 Å². The first-order valence-electron chi connectivity index (χ1n) is 7.28. The fraction of sp³-hybridized carbons (Fsp3) is 0.600. The zero-order chi connectivity index (χ0) is 16.3. The molecule has 0 unspecified atom stereocenters. The number of unbranched alkanes of at least 4 members (excludes halogenated alkanes) is 2. The van der Waals surface area contributed by atoms with Gasteiger partial charge in [0, 0.05) is 0 Å². The number of aryl methyl sites for hydroxylation is 2. The van der Waals surface area contributed by atoms with Crippen molar-refractivity contribution in [3.8, 4) is 5.75 Å². The topological polar surface area (TPSA) is 87.0 Å². The molecule has 0 atom stereocenters. The van der Waals surface area contributed by atoms with E-state index < -0.39 is 7.82 Å². The van der Waals surface area contributed by atoms with Gasteiger partial charge in [-0.1, -0.05) is 44.4 Å². The van der Waals surface area contributed by atoms with Crippen LogP contribution < -0.4 is 4.74 Å². The van der Waals surface area contributed by atoms with E-state index in [0.717, 1.165) is 25.2 Å². The number of rotatable bonds is 7. The molecular formula is C15H27O5P. The highest BCUT2D eigenvalue weighted by Crippen LogP contribution is 2.25. The van der Waals surface area contributed by atoms with Gasteiger partial charge in [0.15, 0.2) is 0 Å². The summed E-state index contributed by atoms with van der Waals surface area (Å²) in [4.78, 5) is 21.6. The number of hydrogen-bond acceptors (Lipinski definition) is 2. The van der Waals surface area contributed by atoms with E-state index in [2.05, 4.69) is 39.0 Å². The lowest BCUT2D eigenvalue weighted by atomic mass is 10.0. The molecule has 0 saturated heterocycles. The van der Waals surface area contributed by atoms with Gasteiger partial charge in [-0.3, -0.25) is 0 Å². The van der Waals surface area contributed by atoms with Crippen molar-refractivity contribution in [3.05, 3.63) is 29.3 Å². The molecule has 6 heteroatoms. The van der Waals surface area contributed by atoms with Crippen molar-refractivity contribution >= 4 is 7.82 Å². The Morgan fingerprint density at radius 1 is 1.10 bits per heavy atom. The molecule has 3 N–H and O–H groups in total. The molecule has 1 aromatic carbocycles. The predicted molar refractivity (Wildman–Crippen MR) is 84.5 cm³/mol. The van der Waals surface area contributed by atoms with Crippen LogP contribution in [0.3, 0.4) is 0 Å². The second-order valence-electron chi connectivity index (χ2n) is 4.93. The summed E-state index contributed by atoms with van der Waals surface area (Å²) in [6.07, 6.45) is 5.95. The summed E-state index contributed by atoms with van der Waals surface area (Å²) in [6.45, 7) is 7.41. The summed E-state index contributed by atoms with van der Waals surface area (Å²) in [5.74, 6) is 1.09. The fourth-order valence-corrected chi connectivity index (χ4v) is 1.74. The summed E-state index contributed by atoms with van der Waals surface area (Å²) >= 11 is 0. The molecule has 0 amide bonds. The predicted octanol–water partition coefficient (Wildman–Crippen LogP) is 3.59. The van der Waals surface area contributed by atoms with Crippen molar-refractivity contribution in [1.82, 2.24) is 0 Å². The Bertz CT molecular complexity index is 433. The normalized spacial score (nSPS) is 10.8. The van der Waals surface area contributed by atoms with E-state index in [1.807, 2.05) is 0 Å². The summed E-state index contributed by atoms with van der Waals surface area (Å²) < 4.78 is 14.7. The minimum Gasteiger partial charge on any atom is -0.493 e. The minimum absolute atomic E-state index is 0.846. The van der Waals surface area contributed by atoms with Crippen molar-refractivity contribution in [2.24, 2.45) is 0 Å². The van der Waals surface area contributed by atoms with Gasteiger partial charge < -0.3 is 19.4 Å². The van der Waals surface area contributed by atoms with Gasteiger partial charge in [0.1, 0.15) is 5.75 Å². The molecule has 0 fully saturated rings. The van der Waals surface area contributed by atoms with E-state index in [9.17, 15) is 0 Å². The van der Waals surface area contributed by atoms with Gasteiger partial charge in [-0.2, -0.15) is 0 Å². The van der Waals surface area contributed by atoms with Gasteiger partial charge in [-0.05, 0) is 37.8 Å². The Morgan fingerprint density at radius 3 is 2.19 bits per heavy atom. The van der Waals surface area contributed by atoms with E-state index in [4.69, 9.17) is 24.0 Å². The summed E-state index contributed by atoms with van der Waals surface area (Å²) in [5, 5.41) is 0. The van der Waals surface area contributed by atoms with E-state index in [-0.39, 0.29) is 0 Å². The van der Waals surface area contributed by atoms with Crippen molar-refractivity contribution in [3.63, 3.8) is 0 Å². The maximum Gasteiger partial charge on any atom is 0.466 e. The third kappa shape index (κ3) is 12.6. The first-order chi connectivity index (χ1) is 9.77. The molecule has 0 spiro atoms. The van der Waals surface area contributed by atoms with Crippen molar-refractivity contribution in [2.45, 2.75) is 52.9 Å². The fourth-order valence-electron chi connectivity index (χ4n) is 1.74. The van der Waals surface area contributed by atoms with Crippen LogP contribution in [-0.2, 0) is 11.0 Å². The quantitative estimate of drug-likeness (QED) is 0.528. The van der Waals surface area contributed by atoms with Crippen LogP contribution in [0.25, 0.3) is 0 Å². The Hall–Kier alpha value is -0.870. The van der Waals surface area contributed by atoms with Gasteiger partial charge in [-0.25, -0.2) is 4.57 Å². The van der Waals surface area contributed by atoms with E-state index >= 15 is 0 Å². The first kappa shape index (κ1) is 20.1. The van der Waals surface area contributed by atoms with Crippen LogP contribution in [0, 0.1) is 6.92 Å².